The highest BCUT2D eigenvalue weighted by Crippen LogP contribution is 2.05. The molecule has 0 amide bonds. The Hall–Kier alpha value is -2.24. The number of hydrogen-bond acceptors (Lipinski definition) is 2. The molecule has 0 radical (unpaired) electrons. The zero-order valence-electron chi connectivity index (χ0n) is 19.8. The number of allylic oxidation sites excluding steroid dienone is 3. The van der Waals surface area contributed by atoms with Crippen LogP contribution in [0.3, 0.4) is 0 Å². The second-order valence-electron chi connectivity index (χ2n) is 5.37. The Labute approximate surface area is 177 Å². The van der Waals surface area contributed by atoms with Crippen molar-refractivity contribution in [2.24, 2.45) is 0 Å². The summed E-state index contributed by atoms with van der Waals surface area (Å²) in [6.45, 7) is 20.1. The molecule has 2 aromatic heterocycles. The molecule has 0 atom stereocenters. The summed E-state index contributed by atoms with van der Waals surface area (Å²) in [6.07, 6.45) is 12.4. The fourth-order valence-electron chi connectivity index (χ4n) is 1.98. The number of imidazole rings is 2. The van der Waals surface area contributed by atoms with Crippen LogP contribution in [0.15, 0.2) is 49.5 Å². The van der Waals surface area contributed by atoms with E-state index in [1.165, 1.54) is 13.0 Å². The monoisotopic (exact) mass is 412 g/mol. The lowest BCUT2D eigenvalue weighted by Crippen LogP contribution is -2.06. The average Bonchev–Trinajstić information content (AvgIpc) is 3.36. The minimum Gasteiger partial charge on any atom is -0.333 e. The summed E-state index contributed by atoms with van der Waals surface area (Å²) in [6, 6.07) is 0. The number of nitrogens with zero attached hydrogens (tertiary/aromatic N) is 4. The van der Waals surface area contributed by atoms with Crippen LogP contribution in [-0.4, -0.2) is 25.8 Å². The third-order valence-electron chi connectivity index (χ3n) is 2.92. The summed E-state index contributed by atoms with van der Waals surface area (Å²) in [5, 5.41) is 0. The van der Waals surface area contributed by atoms with Gasteiger partial charge in [-0.1, -0.05) is 53.7 Å². The summed E-state index contributed by atoms with van der Waals surface area (Å²) < 4.78 is 26.4. The molecule has 168 valence electrons. The van der Waals surface area contributed by atoms with E-state index in [-0.39, 0.29) is 5.83 Å². The van der Waals surface area contributed by atoms with Gasteiger partial charge in [-0.3, -0.25) is 0 Å². The summed E-state index contributed by atoms with van der Waals surface area (Å²) in [5.41, 5.74) is 1.08. The van der Waals surface area contributed by atoms with Gasteiger partial charge in [-0.25, -0.2) is 18.7 Å². The van der Waals surface area contributed by atoms with E-state index in [1.54, 1.807) is 12.3 Å². The van der Waals surface area contributed by atoms with Gasteiger partial charge in [0, 0.05) is 25.1 Å². The van der Waals surface area contributed by atoms with Gasteiger partial charge in [0.25, 0.3) is 0 Å². The van der Waals surface area contributed by atoms with Gasteiger partial charge in [-0.05, 0) is 26.7 Å². The van der Waals surface area contributed by atoms with Crippen molar-refractivity contribution in [2.75, 3.05) is 6.67 Å². The second-order valence-corrected chi connectivity index (χ2v) is 5.37. The van der Waals surface area contributed by atoms with E-state index >= 15 is 0 Å². The van der Waals surface area contributed by atoms with Crippen LogP contribution in [0, 0.1) is 6.92 Å². The molecule has 0 bridgehead atoms. The maximum Gasteiger partial charge on any atom is 0.129 e. The molecule has 4 nitrogen and oxygen atoms in total. The first-order valence-corrected chi connectivity index (χ1v) is 10.5. The van der Waals surface area contributed by atoms with E-state index in [9.17, 15) is 8.78 Å². The number of rotatable bonds is 6. The Morgan fingerprint density at radius 3 is 2.14 bits per heavy atom. The fourth-order valence-corrected chi connectivity index (χ4v) is 1.98. The van der Waals surface area contributed by atoms with Crippen LogP contribution < -0.4 is 0 Å². The molecule has 0 saturated heterocycles. The third-order valence-corrected chi connectivity index (χ3v) is 2.92. The van der Waals surface area contributed by atoms with Gasteiger partial charge in [0.05, 0.1) is 24.4 Å². The standard InChI is InChI=1S/C11H16N4.C5H9F.C3H5F.2C2H6/c1-3-5-15-7-10(2)13-11(15)8-14-6-4-12-9-14;1-3-4-5(2)6;1-2-3-4;2*1-2/h4,6-7,9H,3,5,8H2,1-2H3;4H,3H2,1-2H3;2H,1,3H2;2*1-2H3/b;5-4+;;;. The second kappa shape index (κ2) is 23.8. The summed E-state index contributed by atoms with van der Waals surface area (Å²) in [5.74, 6) is 1.02. The van der Waals surface area contributed by atoms with E-state index < -0.39 is 6.67 Å². The SMILES string of the molecule is C=CCF.CC.CC.CC/C=C(\C)F.CCCn1cc(C)nc1Cn1ccnc1. The van der Waals surface area contributed by atoms with Crippen LogP contribution in [0.5, 0.6) is 0 Å². The molecular weight excluding hydrogens is 370 g/mol. The van der Waals surface area contributed by atoms with E-state index in [2.05, 4.69) is 34.2 Å². The lowest BCUT2D eigenvalue weighted by molar-refractivity contribution is 0.562. The number of aromatic nitrogens is 4. The molecule has 0 aliphatic rings. The van der Waals surface area contributed by atoms with Gasteiger partial charge in [-0.2, -0.15) is 0 Å². The van der Waals surface area contributed by atoms with Gasteiger partial charge in [0.1, 0.15) is 12.5 Å². The molecule has 0 aromatic carbocycles. The topological polar surface area (TPSA) is 35.6 Å². The first-order chi connectivity index (χ1) is 14.0. The quantitative estimate of drug-likeness (QED) is 0.466. The van der Waals surface area contributed by atoms with Gasteiger partial charge in [-0.15, -0.1) is 6.58 Å². The summed E-state index contributed by atoms with van der Waals surface area (Å²) in [7, 11) is 0. The molecular formula is C23H42F2N4. The lowest BCUT2D eigenvalue weighted by atomic mass is 10.4. The van der Waals surface area contributed by atoms with E-state index in [1.807, 2.05) is 58.6 Å². The number of alkyl halides is 1. The maximum atomic E-state index is 11.6. The fraction of sp³-hybridized carbons (Fsp3) is 0.565. The smallest absolute Gasteiger partial charge is 0.129 e. The van der Waals surface area contributed by atoms with Crippen molar-refractivity contribution < 1.29 is 8.78 Å². The van der Waals surface area contributed by atoms with Crippen molar-refractivity contribution in [1.82, 2.24) is 19.1 Å². The molecule has 2 aromatic rings. The lowest BCUT2D eigenvalue weighted by Gasteiger charge is -2.06. The van der Waals surface area contributed by atoms with Gasteiger partial charge < -0.3 is 9.13 Å². The summed E-state index contributed by atoms with van der Waals surface area (Å²) in [4.78, 5) is 8.55. The van der Waals surface area contributed by atoms with Crippen molar-refractivity contribution >= 4 is 0 Å². The molecule has 0 unspecified atom stereocenters. The summed E-state index contributed by atoms with van der Waals surface area (Å²) >= 11 is 0. The Morgan fingerprint density at radius 1 is 1.21 bits per heavy atom. The van der Waals surface area contributed by atoms with Crippen molar-refractivity contribution in [3.05, 3.63) is 61.0 Å². The highest BCUT2D eigenvalue weighted by Gasteiger charge is 2.04. The third kappa shape index (κ3) is 18.9. The van der Waals surface area contributed by atoms with E-state index in [0.717, 1.165) is 37.4 Å². The minimum atomic E-state index is -0.417. The molecule has 0 spiro atoms. The van der Waals surface area contributed by atoms with Gasteiger partial charge in [0.15, 0.2) is 0 Å². The molecule has 0 aliphatic carbocycles. The van der Waals surface area contributed by atoms with Crippen molar-refractivity contribution in [1.29, 1.82) is 0 Å². The van der Waals surface area contributed by atoms with E-state index in [0.29, 0.717) is 0 Å². The van der Waals surface area contributed by atoms with Crippen molar-refractivity contribution in [2.45, 2.75) is 81.3 Å². The zero-order valence-corrected chi connectivity index (χ0v) is 19.8. The van der Waals surface area contributed by atoms with Crippen molar-refractivity contribution in [3.63, 3.8) is 0 Å². The van der Waals surface area contributed by atoms with E-state index in [4.69, 9.17) is 0 Å². The molecule has 0 N–H and O–H groups in total. The molecule has 0 fully saturated rings. The number of aryl methyl sites for hydroxylation is 2. The van der Waals surface area contributed by atoms with Gasteiger partial charge in [0.2, 0.25) is 0 Å². The molecule has 2 heterocycles. The zero-order chi connectivity index (χ0) is 23.1. The number of halogens is 2. The first kappa shape index (κ1) is 31.5. The minimum absolute atomic E-state index is 0.0856. The van der Waals surface area contributed by atoms with Crippen LogP contribution in [0.4, 0.5) is 8.78 Å². The van der Waals surface area contributed by atoms with Crippen LogP contribution in [0.25, 0.3) is 0 Å². The molecule has 6 heteroatoms. The first-order valence-electron chi connectivity index (χ1n) is 10.5. The molecule has 0 aliphatic heterocycles. The maximum absolute atomic E-state index is 11.6. The average molecular weight is 413 g/mol. The Bertz CT molecular complexity index is 598. The molecule has 29 heavy (non-hydrogen) atoms. The Morgan fingerprint density at radius 2 is 1.79 bits per heavy atom. The van der Waals surface area contributed by atoms with Crippen LogP contribution in [0.2, 0.25) is 0 Å². The molecule has 0 saturated carbocycles. The number of hydrogen-bond donors (Lipinski definition) is 0. The highest BCUT2D eigenvalue weighted by molar-refractivity contribution is 5.03. The van der Waals surface area contributed by atoms with Crippen LogP contribution >= 0.6 is 0 Å². The van der Waals surface area contributed by atoms with Crippen LogP contribution in [0.1, 0.15) is 72.8 Å². The van der Waals surface area contributed by atoms with Crippen LogP contribution in [-0.2, 0) is 13.1 Å². The molecule has 2 rings (SSSR count). The normalized spacial score (nSPS) is 9.38. The Kier molecular flexibility index (Phi) is 25.8. The van der Waals surface area contributed by atoms with Crippen molar-refractivity contribution in [3.8, 4) is 0 Å². The Balaban J connectivity index is -0.000000404. The largest absolute Gasteiger partial charge is 0.333 e. The predicted molar refractivity (Wildman–Crippen MR) is 123 cm³/mol. The highest BCUT2D eigenvalue weighted by atomic mass is 19.1. The predicted octanol–water partition coefficient (Wildman–Crippen LogP) is 7.31. The van der Waals surface area contributed by atoms with Gasteiger partial charge >= 0.3 is 0 Å².